The van der Waals surface area contributed by atoms with Crippen LogP contribution in [0.4, 0.5) is 0 Å². The van der Waals surface area contributed by atoms with Gasteiger partial charge in [0.15, 0.2) is 0 Å². The monoisotopic (exact) mass is 413 g/mol. The van der Waals surface area contributed by atoms with Crippen LogP contribution in [-0.2, 0) is 38.2 Å². The molecule has 0 radical (unpaired) electrons. The molecular formula is C18H24ClN3O4S. The molecule has 0 unspecified atom stereocenters. The minimum atomic E-state index is -3.73. The molecule has 0 saturated heterocycles. The number of carbonyl (C=O) groups excluding carboxylic acids is 1. The zero-order valence-corrected chi connectivity index (χ0v) is 17.3. The van der Waals surface area contributed by atoms with Gasteiger partial charge >= 0.3 is 0 Å². The van der Waals surface area contributed by atoms with Gasteiger partial charge in [0.25, 0.3) is 0 Å². The molecule has 0 saturated carbocycles. The molecule has 1 aromatic heterocycles. The van der Waals surface area contributed by atoms with E-state index in [0.717, 1.165) is 0 Å². The molecule has 0 bridgehead atoms. The van der Waals surface area contributed by atoms with Crippen molar-refractivity contribution in [3.05, 3.63) is 46.7 Å². The highest BCUT2D eigenvalue weighted by atomic mass is 35.5. The lowest BCUT2D eigenvalue weighted by Crippen LogP contribution is -2.29. The number of aromatic nitrogens is 2. The fourth-order valence-corrected chi connectivity index (χ4v) is 4.54. The van der Waals surface area contributed by atoms with Gasteiger partial charge in [-0.2, -0.15) is 0 Å². The summed E-state index contributed by atoms with van der Waals surface area (Å²) in [6.07, 6.45) is 1.50. The van der Waals surface area contributed by atoms with E-state index in [2.05, 4.69) is 4.98 Å². The molecule has 2 rings (SSSR count). The number of imidazole rings is 1. The highest BCUT2D eigenvalue weighted by Crippen LogP contribution is 2.23. The van der Waals surface area contributed by atoms with E-state index in [1.54, 1.807) is 40.8 Å². The zero-order valence-electron chi connectivity index (χ0n) is 15.7. The van der Waals surface area contributed by atoms with Crippen LogP contribution in [0.25, 0.3) is 0 Å². The molecule has 7 nitrogen and oxygen atoms in total. The molecule has 0 atom stereocenters. The zero-order chi connectivity index (χ0) is 20.0. The smallest absolute Gasteiger partial charge is 0.228 e. The summed E-state index contributed by atoms with van der Waals surface area (Å²) in [5, 5.41) is 0.346. The van der Waals surface area contributed by atoms with Crippen LogP contribution in [0.2, 0.25) is 5.02 Å². The number of methoxy groups -OCH3 is 1. The summed E-state index contributed by atoms with van der Waals surface area (Å²) in [4.78, 5) is 17.5. The Labute approximate surface area is 164 Å². The first-order valence-electron chi connectivity index (χ1n) is 8.55. The molecule has 0 aliphatic carbocycles. The number of benzene rings is 1. The second kappa shape index (κ2) is 9.34. The normalized spacial score (nSPS) is 11.6. The van der Waals surface area contributed by atoms with Crippen LogP contribution >= 0.6 is 11.6 Å². The third kappa shape index (κ3) is 5.31. The molecular weight excluding hydrogens is 390 g/mol. The predicted octanol–water partition coefficient (Wildman–Crippen LogP) is 2.53. The average molecular weight is 414 g/mol. The number of amides is 1. The molecule has 0 N–H and O–H groups in total. The van der Waals surface area contributed by atoms with Crippen molar-refractivity contribution in [1.29, 1.82) is 0 Å². The largest absolute Gasteiger partial charge is 0.383 e. The molecule has 27 heavy (non-hydrogen) atoms. The first-order chi connectivity index (χ1) is 12.8. The predicted molar refractivity (Wildman–Crippen MR) is 103 cm³/mol. The minimum Gasteiger partial charge on any atom is -0.383 e. The summed E-state index contributed by atoms with van der Waals surface area (Å²) >= 11 is 6.11. The maximum absolute atomic E-state index is 13.0. The van der Waals surface area contributed by atoms with Gasteiger partial charge in [-0.3, -0.25) is 4.79 Å². The summed E-state index contributed by atoms with van der Waals surface area (Å²) in [6.45, 7) is 4.79. The molecule has 1 heterocycles. The van der Waals surface area contributed by atoms with Gasteiger partial charge in [-0.1, -0.05) is 29.8 Å². The van der Waals surface area contributed by atoms with E-state index in [0.29, 0.717) is 36.0 Å². The molecule has 1 aromatic carbocycles. The van der Waals surface area contributed by atoms with Crippen molar-refractivity contribution < 1.29 is 17.9 Å². The number of hydrogen-bond acceptors (Lipinski definition) is 5. The Bertz CT molecular complexity index is 896. The lowest BCUT2D eigenvalue weighted by Gasteiger charge is -2.20. The Morgan fingerprint density at radius 3 is 2.63 bits per heavy atom. The molecule has 0 aliphatic rings. The van der Waals surface area contributed by atoms with Gasteiger partial charge < -0.3 is 14.2 Å². The van der Waals surface area contributed by atoms with Crippen molar-refractivity contribution in [2.24, 2.45) is 0 Å². The van der Waals surface area contributed by atoms with Crippen molar-refractivity contribution in [3.63, 3.8) is 0 Å². The Balaban J connectivity index is 2.40. The van der Waals surface area contributed by atoms with E-state index >= 15 is 0 Å². The number of hydrogen-bond donors (Lipinski definition) is 0. The molecule has 9 heteroatoms. The Morgan fingerprint density at radius 1 is 1.33 bits per heavy atom. The van der Waals surface area contributed by atoms with E-state index in [1.165, 1.54) is 13.1 Å². The van der Waals surface area contributed by atoms with Gasteiger partial charge in [0.1, 0.15) is 0 Å². The van der Waals surface area contributed by atoms with E-state index in [9.17, 15) is 13.2 Å². The van der Waals surface area contributed by atoms with E-state index in [1.807, 2.05) is 6.92 Å². The summed E-state index contributed by atoms with van der Waals surface area (Å²) in [6, 6.07) is 6.82. The first kappa shape index (κ1) is 21.4. The summed E-state index contributed by atoms with van der Waals surface area (Å²) in [7, 11) is -2.19. The fourth-order valence-electron chi connectivity index (χ4n) is 2.71. The molecule has 0 fully saturated rings. The quantitative estimate of drug-likeness (QED) is 0.631. The highest BCUT2D eigenvalue weighted by Gasteiger charge is 2.25. The van der Waals surface area contributed by atoms with Crippen LogP contribution in [0.5, 0.6) is 0 Å². The highest BCUT2D eigenvalue weighted by molar-refractivity contribution is 7.90. The van der Waals surface area contributed by atoms with E-state index < -0.39 is 9.84 Å². The van der Waals surface area contributed by atoms with Crippen LogP contribution in [0.15, 0.2) is 35.6 Å². The Hall–Kier alpha value is -1.90. The van der Waals surface area contributed by atoms with Gasteiger partial charge in [-0.25, -0.2) is 13.4 Å². The van der Waals surface area contributed by atoms with Gasteiger partial charge in [0.2, 0.25) is 20.9 Å². The second-order valence-electron chi connectivity index (χ2n) is 6.06. The lowest BCUT2D eigenvalue weighted by atomic mass is 10.2. The SMILES string of the molecule is CCN(Cc1cnc(S(=O)(=O)Cc2ccccc2Cl)n1CCOC)C(C)=O. The van der Waals surface area contributed by atoms with Crippen molar-refractivity contribution in [1.82, 2.24) is 14.5 Å². The molecule has 1 amide bonds. The van der Waals surface area contributed by atoms with Gasteiger partial charge in [-0.15, -0.1) is 0 Å². The van der Waals surface area contributed by atoms with Crippen molar-refractivity contribution >= 4 is 27.3 Å². The molecule has 148 valence electrons. The van der Waals surface area contributed by atoms with Crippen LogP contribution in [-0.4, -0.2) is 49.0 Å². The number of nitrogens with zero attached hydrogens (tertiary/aromatic N) is 3. The van der Waals surface area contributed by atoms with Gasteiger partial charge in [-0.05, 0) is 18.6 Å². The average Bonchev–Trinajstić information content (AvgIpc) is 3.02. The third-order valence-electron chi connectivity index (χ3n) is 4.18. The Morgan fingerprint density at radius 2 is 2.04 bits per heavy atom. The van der Waals surface area contributed by atoms with E-state index in [-0.39, 0.29) is 23.4 Å². The number of halogens is 1. The van der Waals surface area contributed by atoms with Crippen molar-refractivity contribution in [2.45, 2.75) is 37.8 Å². The third-order valence-corrected chi connectivity index (χ3v) is 6.12. The van der Waals surface area contributed by atoms with Gasteiger partial charge in [0.05, 0.1) is 30.8 Å². The summed E-state index contributed by atoms with van der Waals surface area (Å²) in [5.74, 6) is -0.335. The number of sulfone groups is 1. The number of carbonyl (C=O) groups is 1. The van der Waals surface area contributed by atoms with E-state index in [4.69, 9.17) is 16.3 Å². The molecule has 0 spiro atoms. The van der Waals surface area contributed by atoms with Gasteiger partial charge in [0, 0.05) is 32.1 Å². The fraction of sp³-hybridized carbons (Fsp3) is 0.444. The van der Waals surface area contributed by atoms with Crippen LogP contribution in [0.1, 0.15) is 25.1 Å². The number of rotatable bonds is 9. The maximum atomic E-state index is 13.0. The summed E-state index contributed by atoms with van der Waals surface area (Å²) in [5.41, 5.74) is 1.16. The number of ether oxygens (including phenoxy) is 1. The van der Waals surface area contributed by atoms with Crippen LogP contribution in [0, 0.1) is 0 Å². The van der Waals surface area contributed by atoms with Crippen LogP contribution < -0.4 is 0 Å². The minimum absolute atomic E-state index is 0.0472. The second-order valence-corrected chi connectivity index (χ2v) is 8.35. The molecule has 0 aliphatic heterocycles. The first-order valence-corrected chi connectivity index (χ1v) is 10.6. The Kier molecular flexibility index (Phi) is 7.41. The van der Waals surface area contributed by atoms with Crippen molar-refractivity contribution in [2.75, 3.05) is 20.3 Å². The molecule has 2 aromatic rings. The van der Waals surface area contributed by atoms with Crippen LogP contribution in [0.3, 0.4) is 0 Å². The standard InChI is InChI=1S/C18H24ClN3O4S/c1-4-21(14(2)23)12-16-11-20-18(22(16)9-10-26-3)27(24,25)13-15-7-5-6-8-17(15)19/h5-8,11H,4,9-10,12-13H2,1-3H3. The topological polar surface area (TPSA) is 81.5 Å². The van der Waals surface area contributed by atoms with Crippen molar-refractivity contribution in [3.8, 4) is 0 Å². The lowest BCUT2D eigenvalue weighted by molar-refractivity contribution is -0.129. The maximum Gasteiger partial charge on any atom is 0.228 e. The summed E-state index contributed by atoms with van der Waals surface area (Å²) < 4.78 is 32.7.